The second-order valence-electron chi connectivity index (χ2n) is 5.06. The zero-order valence-corrected chi connectivity index (χ0v) is 14.1. The van der Waals surface area contributed by atoms with Crippen molar-refractivity contribution in [2.24, 2.45) is 0 Å². The SMILES string of the molecule is O=C(/C=C/c1ccccc1Cl)OCc1cc(Cl)c2c(c1)OCCO2. The van der Waals surface area contributed by atoms with Crippen LogP contribution in [0.15, 0.2) is 42.5 Å². The van der Waals surface area contributed by atoms with Crippen molar-refractivity contribution >= 4 is 35.2 Å². The van der Waals surface area contributed by atoms with Gasteiger partial charge in [-0.25, -0.2) is 4.79 Å². The molecule has 1 aliphatic heterocycles. The molecule has 124 valence electrons. The molecule has 24 heavy (non-hydrogen) atoms. The van der Waals surface area contributed by atoms with Gasteiger partial charge in [0.05, 0.1) is 5.02 Å². The third-order valence-corrected chi connectivity index (χ3v) is 3.97. The predicted octanol–water partition coefficient (Wildman–Crippen LogP) is 4.52. The Morgan fingerprint density at radius 1 is 1.12 bits per heavy atom. The topological polar surface area (TPSA) is 44.8 Å². The number of esters is 1. The number of hydrogen-bond donors (Lipinski definition) is 0. The van der Waals surface area contributed by atoms with Crippen LogP contribution < -0.4 is 9.47 Å². The summed E-state index contributed by atoms with van der Waals surface area (Å²) in [6.07, 6.45) is 2.95. The molecule has 0 atom stereocenters. The highest BCUT2D eigenvalue weighted by Gasteiger charge is 2.17. The van der Waals surface area contributed by atoms with Crippen molar-refractivity contribution in [3.05, 3.63) is 63.6 Å². The lowest BCUT2D eigenvalue weighted by Crippen LogP contribution is -2.16. The van der Waals surface area contributed by atoms with Crippen molar-refractivity contribution in [3.63, 3.8) is 0 Å². The molecule has 2 aromatic rings. The van der Waals surface area contributed by atoms with Gasteiger partial charge in [0.15, 0.2) is 11.5 Å². The van der Waals surface area contributed by atoms with E-state index in [1.165, 1.54) is 6.08 Å². The van der Waals surface area contributed by atoms with Crippen molar-refractivity contribution < 1.29 is 19.0 Å². The quantitative estimate of drug-likeness (QED) is 0.590. The first-order valence-electron chi connectivity index (χ1n) is 7.31. The number of benzene rings is 2. The van der Waals surface area contributed by atoms with E-state index in [4.69, 9.17) is 37.4 Å². The van der Waals surface area contributed by atoms with Crippen LogP contribution in [0.5, 0.6) is 11.5 Å². The Bertz CT molecular complexity index is 787. The van der Waals surface area contributed by atoms with Gasteiger partial charge >= 0.3 is 5.97 Å². The Morgan fingerprint density at radius 2 is 1.92 bits per heavy atom. The van der Waals surface area contributed by atoms with E-state index >= 15 is 0 Å². The van der Waals surface area contributed by atoms with Crippen LogP contribution in [0.1, 0.15) is 11.1 Å². The minimum absolute atomic E-state index is 0.0854. The molecular formula is C18H14Cl2O4. The van der Waals surface area contributed by atoms with E-state index < -0.39 is 5.97 Å². The highest BCUT2D eigenvalue weighted by atomic mass is 35.5. The maximum atomic E-state index is 11.8. The predicted molar refractivity (Wildman–Crippen MR) is 92.7 cm³/mol. The molecule has 0 bridgehead atoms. The third-order valence-electron chi connectivity index (χ3n) is 3.34. The molecule has 1 heterocycles. The van der Waals surface area contributed by atoms with Crippen LogP contribution in [-0.4, -0.2) is 19.2 Å². The highest BCUT2D eigenvalue weighted by Crippen LogP contribution is 2.38. The first kappa shape index (κ1) is 16.7. The lowest BCUT2D eigenvalue weighted by Gasteiger charge is -2.20. The van der Waals surface area contributed by atoms with Gasteiger partial charge in [-0.15, -0.1) is 0 Å². The van der Waals surface area contributed by atoms with E-state index in [1.807, 2.05) is 18.2 Å². The second-order valence-corrected chi connectivity index (χ2v) is 5.88. The van der Waals surface area contributed by atoms with Crippen LogP contribution in [0.4, 0.5) is 0 Å². The normalized spacial score (nSPS) is 13.1. The highest BCUT2D eigenvalue weighted by molar-refractivity contribution is 6.32. The minimum atomic E-state index is -0.471. The van der Waals surface area contributed by atoms with Crippen LogP contribution in [0.25, 0.3) is 6.08 Å². The third kappa shape index (κ3) is 4.02. The zero-order chi connectivity index (χ0) is 16.9. The summed E-state index contributed by atoms with van der Waals surface area (Å²) in [5.41, 5.74) is 1.47. The number of ether oxygens (including phenoxy) is 3. The number of carbonyl (C=O) groups is 1. The first-order valence-corrected chi connectivity index (χ1v) is 8.06. The minimum Gasteiger partial charge on any atom is -0.486 e. The standard InChI is InChI=1S/C18H14Cl2O4/c19-14-4-2-1-3-13(14)5-6-17(21)24-11-12-9-15(20)18-16(10-12)22-7-8-23-18/h1-6,9-10H,7-8,11H2/b6-5+. The fourth-order valence-corrected chi connectivity index (χ4v) is 2.70. The first-order chi connectivity index (χ1) is 11.6. The molecule has 0 saturated carbocycles. The smallest absolute Gasteiger partial charge is 0.331 e. The number of rotatable bonds is 4. The van der Waals surface area contributed by atoms with E-state index in [-0.39, 0.29) is 6.61 Å². The van der Waals surface area contributed by atoms with E-state index in [0.717, 1.165) is 11.1 Å². The van der Waals surface area contributed by atoms with Crippen molar-refractivity contribution in [1.82, 2.24) is 0 Å². The van der Waals surface area contributed by atoms with Crippen molar-refractivity contribution in [2.45, 2.75) is 6.61 Å². The molecule has 0 N–H and O–H groups in total. The van der Waals surface area contributed by atoms with Gasteiger partial charge in [-0.2, -0.15) is 0 Å². The molecule has 4 nitrogen and oxygen atoms in total. The van der Waals surface area contributed by atoms with Crippen LogP contribution >= 0.6 is 23.2 Å². The fraction of sp³-hybridized carbons (Fsp3) is 0.167. The molecule has 0 saturated heterocycles. The lowest BCUT2D eigenvalue weighted by atomic mass is 10.2. The molecular weight excluding hydrogens is 351 g/mol. The van der Waals surface area contributed by atoms with E-state index in [9.17, 15) is 4.79 Å². The monoisotopic (exact) mass is 364 g/mol. The van der Waals surface area contributed by atoms with Crippen LogP contribution in [0.2, 0.25) is 10.0 Å². The Balaban J connectivity index is 1.62. The maximum absolute atomic E-state index is 11.8. The summed E-state index contributed by atoms with van der Waals surface area (Å²) in [5, 5.41) is 1.00. The summed E-state index contributed by atoms with van der Waals surface area (Å²) in [4.78, 5) is 11.8. The molecule has 0 aromatic heterocycles. The summed E-state index contributed by atoms with van der Waals surface area (Å²) < 4.78 is 16.1. The van der Waals surface area contributed by atoms with Gasteiger partial charge in [-0.3, -0.25) is 0 Å². The van der Waals surface area contributed by atoms with Crippen molar-refractivity contribution in [1.29, 1.82) is 0 Å². The number of fused-ring (bicyclic) bond motifs is 1. The average Bonchev–Trinajstić information content (AvgIpc) is 2.59. The average molecular weight is 365 g/mol. The Labute approximate surface area is 149 Å². The number of hydrogen-bond acceptors (Lipinski definition) is 4. The molecule has 0 spiro atoms. The fourth-order valence-electron chi connectivity index (χ4n) is 2.22. The van der Waals surface area contributed by atoms with Crippen LogP contribution in [0.3, 0.4) is 0 Å². The molecule has 2 aromatic carbocycles. The van der Waals surface area contributed by atoms with E-state index in [0.29, 0.717) is 34.8 Å². The van der Waals surface area contributed by atoms with Gasteiger partial charge in [0.25, 0.3) is 0 Å². The maximum Gasteiger partial charge on any atom is 0.331 e. The van der Waals surface area contributed by atoms with Crippen molar-refractivity contribution in [2.75, 3.05) is 13.2 Å². The van der Waals surface area contributed by atoms with Gasteiger partial charge in [0, 0.05) is 11.1 Å². The summed E-state index contributed by atoms with van der Waals surface area (Å²) in [6.45, 7) is 1.02. The van der Waals surface area contributed by atoms with Crippen LogP contribution in [-0.2, 0) is 16.1 Å². The summed E-state index contributed by atoms with van der Waals surface area (Å²) >= 11 is 12.2. The van der Waals surface area contributed by atoms with E-state index in [2.05, 4.69) is 0 Å². The molecule has 0 radical (unpaired) electrons. The second kappa shape index (κ2) is 7.60. The Morgan fingerprint density at radius 3 is 2.75 bits per heavy atom. The molecule has 0 aliphatic carbocycles. The molecule has 1 aliphatic rings. The number of carbonyl (C=O) groups excluding carboxylic acids is 1. The molecule has 0 fully saturated rings. The molecule has 0 unspecified atom stereocenters. The van der Waals surface area contributed by atoms with Gasteiger partial charge < -0.3 is 14.2 Å². The van der Waals surface area contributed by atoms with Gasteiger partial charge in [-0.1, -0.05) is 41.4 Å². The Hall–Kier alpha value is -2.17. The molecule has 0 amide bonds. The van der Waals surface area contributed by atoms with Crippen LogP contribution in [0, 0.1) is 0 Å². The zero-order valence-electron chi connectivity index (χ0n) is 12.6. The summed E-state index contributed by atoms with van der Waals surface area (Å²) in [6, 6.07) is 10.7. The van der Waals surface area contributed by atoms with Gasteiger partial charge in [0.2, 0.25) is 0 Å². The molecule has 3 rings (SSSR count). The number of halogens is 2. The van der Waals surface area contributed by atoms with Gasteiger partial charge in [-0.05, 0) is 35.4 Å². The Kier molecular flexibility index (Phi) is 5.28. The summed E-state index contributed by atoms with van der Waals surface area (Å²) in [5.74, 6) is 0.615. The summed E-state index contributed by atoms with van der Waals surface area (Å²) in [7, 11) is 0. The lowest BCUT2D eigenvalue weighted by molar-refractivity contribution is -0.138. The van der Waals surface area contributed by atoms with Gasteiger partial charge in [0.1, 0.15) is 19.8 Å². The largest absolute Gasteiger partial charge is 0.486 e. The molecule has 6 heteroatoms. The van der Waals surface area contributed by atoms with E-state index in [1.54, 1.807) is 24.3 Å². The van der Waals surface area contributed by atoms with Crippen molar-refractivity contribution in [3.8, 4) is 11.5 Å².